The SMILES string of the molecule is O=C(c1ccc(N2CCCC2)c([N+](=O)[O-])c1)N1CCN(c2ncccn2)CC1. The Morgan fingerprint density at radius 1 is 0.964 bits per heavy atom. The zero-order chi connectivity index (χ0) is 19.5. The molecule has 3 heterocycles. The third-order valence-electron chi connectivity index (χ3n) is 5.27. The summed E-state index contributed by atoms with van der Waals surface area (Å²) in [7, 11) is 0. The van der Waals surface area contributed by atoms with Crippen molar-refractivity contribution in [3.05, 3.63) is 52.3 Å². The molecule has 2 aliphatic heterocycles. The highest BCUT2D eigenvalue weighted by molar-refractivity contribution is 5.96. The van der Waals surface area contributed by atoms with Crippen LogP contribution in [0.15, 0.2) is 36.7 Å². The van der Waals surface area contributed by atoms with E-state index in [2.05, 4.69) is 9.97 Å². The Kier molecular flexibility index (Phi) is 5.05. The number of nitro groups is 1. The average Bonchev–Trinajstić information content (AvgIpc) is 3.28. The molecule has 1 aromatic carbocycles. The molecule has 0 aliphatic carbocycles. The Bertz CT molecular complexity index is 861. The molecular weight excluding hydrogens is 360 g/mol. The average molecular weight is 382 g/mol. The summed E-state index contributed by atoms with van der Waals surface area (Å²) in [6, 6.07) is 6.60. The number of nitro benzene ring substituents is 1. The van der Waals surface area contributed by atoms with Gasteiger partial charge in [-0.3, -0.25) is 14.9 Å². The fraction of sp³-hybridized carbons (Fsp3) is 0.421. The number of hydrogen-bond acceptors (Lipinski definition) is 7. The normalized spacial score (nSPS) is 17.1. The molecule has 2 saturated heterocycles. The molecule has 0 saturated carbocycles. The van der Waals surface area contributed by atoms with Gasteiger partial charge in [0.05, 0.1) is 4.92 Å². The molecule has 0 unspecified atom stereocenters. The fourth-order valence-corrected chi connectivity index (χ4v) is 3.77. The van der Waals surface area contributed by atoms with Crippen molar-refractivity contribution < 1.29 is 9.72 Å². The summed E-state index contributed by atoms with van der Waals surface area (Å²) >= 11 is 0. The van der Waals surface area contributed by atoms with Crippen molar-refractivity contribution in [1.29, 1.82) is 0 Å². The first kappa shape index (κ1) is 18.1. The van der Waals surface area contributed by atoms with Crippen molar-refractivity contribution in [2.24, 2.45) is 0 Å². The predicted molar refractivity (Wildman–Crippen MR) is 105 cm³/mol. The molecule has 0 spiro atoms. The number of hydrogen-bond donors (Lipinski definition) is 0. The van der Waals surface area contributed by atoms with E-state index in [1.165, 1.54) is 6.07 Å². The van der Waals surface area contributed by atoms with Gasteiger partial charge >= 0.3 is 0 Å². The van der Waals surface area contributed by atoms with Crippen LogP contribution in [0.2, 0.25) is 0 Å². The summed E-state index contributed by atoms with van der Waals surface area (Å²) in [5.41, 5.74) is 0.966. The second-order valence-corrected chi connectivity index (χ2v) is 6.98. The van der Waals surface area contributed by atoms with Gasteiger partial charge in [-0.05, 0) is 31.0 Å². The number of amides is 1. The Morgan fingerprint density at radius 3 is 2.29 bits per heavy atom. The van der Waals surface area contributed by atoms with Crippen LogP contribution in [0.1, 0.15) is 23.2 Å². The summed E-state index contributed by atoms with van der Waals surface area (Å²) in [6.45, 7) is 3.94. The number of anilines is 2. The van der Waals surface area contributed by atoms with Crippen LogP contribution in [-0.4, -0.2) is 65.0 Å². The van der Waals surface area contributed by atoms with E-state index in [9.17, 15) is 14.9 Å². The quantitative estimate of drug-likeness (QED) is 0.589. The first-order chi connectivity index (χ1) is 13.6. The molecule has 146 valence electrons. The zero-order valence-electron chi connectivity index (χ0n) is 15.5. The molecule has 4 rings (SSSR count). The molecule has 1 aromatic heterocycles. The number of rotatable bonds is 4. The molecule has 2 aromatic rings. The summed E-state index contributed by atoms with van der Waals surface area (Å²) in [5.74, 6) is 0.477. The lowest BCUT2D eigenvalue weighted by atomic mass is 10.1. The highest BCUT2D eigenvalue weighted by Gasteiger charge is 2.27. The van der Waals surface area contributed by atoms with Gasteiger partial charge in [0.15, 0.2) is 0 Å². The molecule has 0 N–H and O–H groups in total. The molecule has 0 bridgehead atoms. The van der Waals surface area contributed by atoms with Gasteiger partial charge in [-0.2, -0.15) is 0 Å². The molecule has 0 atom stereocenters. The van der Waals surface area contributed by atoms with E-state index in [1.807, 2.05) is 9.80 Å². The maximum absolute atomic E-state index is 12.9. The number of carbonyl (C=O) groups is 1. The van der Waals surface area contributed by atoms with Crippen LogP contribution < -0.4 is 9.80 Å². The molecule has 2 fully saturated rings. The van der Waals surface area contributed by atoms with Crippen molar-refractivity contribution in [2.75, 3.05) is 49.1 Å². The van der Waals surface area contributed by atoms with Gasteiger partial charge < -0.3 is 14.7 Å². The second kappa shape index (κ2) is 7.79. The van der Waals surface area contributed by atoms with Crippen LogP contribution in [0, 0.1) is 10.1 Å². The monoisotopic (exact) mass is 382 g/mol. The van der Waals surface area contributed by atoms with Crippen LogP contribution >= 0.6 is 0 Å². The minimum atomic E-state index is -0.394. The van der Waals surface area contributed by atoms with Crippen molar-refractivity contribution in [1.82, 2.24) is 14.9 Å². The highest BCUT2D eigenvalue weighted by Crippen LogP contribution is 2.32. The summed E-state index contributed by atoms with van der Waals surface area (Å²) in [6.07, 6.45) is 5.46. The zero-order valence-corrected chi connectivity index (χ0v) is 15.5. The number of piperazine rings is 1. The van der Waals surface area contributed by atoms with Gasteiger partial charge in [0.1, 0.15) is 5.69 Å². The van der Waals surface area contributed by atoms with Gasteiger partial charge in [0, 0.05) is 63.3 Å². The Labute approximate surface area is 162 Å². The lowest BCUT2D eigenvalue weighted by Crippen LogP contribution is -2.49. The van der Waals surface area contributed by atoms with Crippen LogP contribution in [0.3, 0.4) is 0 Å². The first-order valence-electron chi connectivity index (χ1n) is 9.48. The van der Waals surface area contributed by atoms with Gasteiger partial charge in [0.25, 0.3) is 11.6 Å². The third-order valence-corrected chi connectivity index (χ3v) is 5.27. The maximum Gasteiger partial charge on any atom is 0.293 e. The van der Waals surface area contributed by atoms with Gasteiger partial charge in [-0.1, -0.05) is 0 Å². The Morgan fingerprint density at radius 2 is 1.64 bits per heavy atom. The van der Waals surface area contributed by atoms with Crippen molar-refractivity contribution in [2.45, 2.75) is 12.8 Å². The number of carbonyl (C=O) groups excluding carboxylic acids is 1. The molecule has 9 heteroatoms. The van der Waals surface area contributed by atoms with Crippen molar-refractivity contribution in [3.8, 4) is 0 Å². The van der Waals surface area contributed by atoms with Crippen molar-refractivity contribution in [3.63, 3.8) is 0 Å². The predicted octanol–water partition coefficient (Wildman–Crippen LogP) is 1.95. The molecule has 28 heavy (non-hydrogen) atoms. The fourth-order valence-electron chi connectivity index (χ4n) is 3.77. The Balaban J connectivity index is 1.47. The minimum absolute atomic E-state index is 0.00377. The van der Waals surface area contributed by atoms with E-state index in [0.29, 0.717) is 43.4 Å². The van der Waals surface area contributed by atoms with Crippen LogP contribution in [0.25, 0.3) is 0 Å². The lowest BCUT2D eigenvalue weighted by Gasteiger charge is -2.34. The van der Waals surface area contributed by atoms with Crippen LogP contribution in [-0.2, 0) is 0 Å². The van der Waals surface area contributed by atoms with E-state index in [1.54, 1.807) is 35.5 Å². The topological polar surface area (TPSA) is 95.7 Å². The smallest absolute Gasteiger partial charge is 0.293 e. The van der Waals surface area contributed by atoms with Gasteiger partial charge in [-0.25, -0.2) is 9.97 Å². The van der Waals surface area contributed by atoms with E-state index in [-0.39, 0.29) is 11.6 Å². The van der Waals surface area contributed by atoms with E-state index in [4.69, 9.17) is 0 Å². The summed E-state index contributed by atoms with van der Waals surface area (Å²) in [4.78, 5) is 38.3. The summed E-state index contributed by atoms with van der Waals surface area (Å²) in [5, 5.41) is 11.6. The number of benzene rings is 1. The maximum atomic E-state index is 12.9. The van der Waals surface area contributed by atoms with Crippen LogP contribution in [0.4, 0.5) is 17.3 Å². The first-order valence-corrected chi connectivity index (χ1v) is 9.48. The van der Waals surface area contributed by atoms with E-state index in [0.717, 1.165) is 25.9 Å². The molecule has 9 nitrogen and oxygen atoms in total. The second-order valence-electron chi connectivity index (χ2n) is 6.98. The minimum Gasteiger partial charge on any atom is -0.366 e. The highest BCUT2D eigenvalue weighted by atomic mass is 16.6. The third kappa shape index (κ3) is 3.60. The van der Waals surface area contributed by atoms with E-state index >= 15 is 0 Å². The standard InChI is InChI=1S/C19H22N6O3/c26-18(23-10-12-24(13-11-23)19-20-6-3-7-21-19)15-4-5-16(17(14-15)25(27)28)22-8-1-2-9-22/h3-7,14H,1-2,8-13H2. The number of nitrogens with zero attached hydrogens (tertiary/aromatic N) is 6. The van der Waals surface area contributed by atoms with Gasteiger partial charge in [-0.15, -0.1) is 0 Å². The number of aromatic nitrogens is 2. The molecule has 2 aliphatic rings. The van der Waals surface area contributed by atoms with Crippen molar-refractivity contribution >= 4 is 23.2 Å². The van der Waals surface area contributed by atoms with Crippen LogP contribution in [0.5, 0.6) is 0 Å². The van der Waals surface area contributed by atoms with E-state index < -0.39 is 4.92 Å². The molecule has 0 radical (unpaired) electrons. The largest absolute Gasteiger partial charge is 0.366 e. The summed E-state index contributed by atoms with van der Waals surface area (Å²) < 4.78 is 0. The molecule has 1 amide bonds. The Hall–Kier alpha value is -3.23. The molecular formula is C19H22N6O3. The van der Waals surface area contributed by atoms with Gasteiger partial charge in [0.2, 0.25) is 5.95 Å². The lowest BCUT2D eigenvalue weighted by molar-refractivity contribution is -0.384.